The summed E-state index contributed by atoms with van der Waals surface area (Å²) in [6.07, 6.45) is -0.153. The maximum Gasteiger partial charge on any atom is 0.302 e. The number of hydrogen-bond donors (Lipinski definition) is 1. The normalized spacial score (nSPS) is 8.33. The molecule has 0 heterocycles. The average molecular weight is 91.1 g/mol. The van der Waals surface area contributed by atoms with E-state index in [-0.39, 0.29) is 13.0 Å². The van der Waals surface area contributed by atoms with Crippen LogP contribution in [-0.4, -0.2) is 12.6 Å². The van der Waals surface area contributed by atoms with Crippen LogP contribution in [0.2, 0.25) is 0 Å². The number of carbonyl (C=O) groups excluding carboxylic acids is 1. The Morgan fingerprint density at radius 1 is 1.83 bits per heavy atom. The van der Waals surface area contributed by atoms with Crippen LogP contribution < -0.4 is 5.73 Å². The number of rotatable bonds is 2. The van der Waals surface area contributed by atoms with Gasteiger partial charge in [-0.25, -0.2) is 0 Å². The molecule has 0 fully saturated rings. The minimum Gasteiger partial charge on any atom is -0.330 e. The van der Waals surface area contributed by atoms with Gasteiger partial charge in [0.05, 0.1) is 6.42 Å². The van der Waals surface area contributed by atoms with Gasteiger partial charge in [0.2, 0.25) is 0 Å². The van der Waals surface area contributed by atoms with Crippen LogP contribution in [0.4, 0.5) is 4.39 Å². The van der Waals surface area contributed by atoms with Gasteiger partial charge < -0.3 is 5.73 Å². The lowest BCUT2D eigenvalue weighted by atomic mass is 10.5. The van der Waals surface area contributed by atoms with Crippen LogP contribution in [0, 0.1) is 0 Å². The first kappa shape index (κ1) is 5.56. The fourth-order valence-electron chi connectivity index (χ4n) is 0.113. The molecule has 0 rings (SSSR count). The third-order valence-electron chi connectivity index (χ3n) is 0.341. The fourth-order valence-corrected chi connectivity index (χ4v) is 0.113. The number of carbonyl (C=O) groups is 1. The van der Waals surface area contributed by atoms with Crippen molar-refractivity contribution in [3.63, 3.8) is 0 Å². The monoisotopic (exact) mass is 91.0 g/mol. The van der Waals surface area contributed by atoms with E-state index in [0.717, 1.165) is 0 Å². The zero-order chi connectivity index (χ0) is 4.99. The Hall–Kier alpha value is -0.440. The second-order valence-corrected chi connectivity index (χ2v) is 0.894. The molecule has 0 spiro atoms. The van der Waals surface area contributed by atoms with Gasteiger partial charge in [0.25, 0.3) is 0 Å². The predicted molar refractivity (Wildman–Crippen MR) is 19.8 cm³/mol. The van der Waals surface area contributed by atoms with Crippen molar-refractivity contribution in [2.45, 2.75) is 6.42 Å². The van der Waals surface area contributed by atoms with Crippen molar-refractivity contribution in [2.75, 3.05) is 6.54 Å². The second-order valence-electron chi connectivity index (χ2n) is 0.894. The van der Waals surface area contributed by atoms with E-state index in [1.54, 1.807) is 0 Å². The average Bonchev–Trinajstić information content (AvgIpc) is 1.35. The lowest BCUT2D eigenvalue weighted by Gasteiger charge is -1.77. The molecule has 0 aliphatic heterocycles. The van der Waals surface area contributed by atoms with Crippen LogP contribution in [0.15, 0.2) is 0 Å². The second kappa shape index (κ2) is 2.78. The topological polar surface area (TPSA) is 43.1 Å². The third-order valence-corrected chi connectivity index (χ3v) is 0.341. The first-order valence-electron chi connectivity index (χ1n) is 1.65. The Labute approximate surface area is 35.1 Å². The Morgan fingerprint density at radius 2 is 2.33 bits per heavy atom. The Balaban J connectivity index is 2.83. The van der Waals surface area contributed by atoms with Crippen LogP contribution in [0.25, 0.3) is 0 Å². The molecule has 0 saturated heterocycles. The van der Waals surface area contributed by atoms with E-state index in [2.05, 4.69) is 0 Å². The molecule has 0 saturated carbocycles. The van der Waals surface area contributed by atoms with Gasteiger partial charge in [-0.3, -0.25) is 4.79 Å². The van der Waals surface area contributed by atoms with Crippen LogP contribution in [-0.2, 0) is 4.79 Å². The molecule has 0 atom stereocenters. The van der Waals surface area contributed by atoms with Gasteiger partial charge in [-0.05, 0) is 0 Å². The van der Waals surface area contributed by atoms with Crippen molar-refractivity contribution in [1.29, 1.82) is 0 Å². The molecule has 2 nitrogen and oxygen atoms in total. The quantitative estimate of drug-likeness (QED) is 0.479. The maximum absolute atomic E-state index is 11.0. The zero-order valence-corrected chi connectivity index (χ0v) is 3.28. The van der Waals surface area contributed by atoms with E-state index >= 15 is 0 Å². The molecule has 0 unspecified atom stereocenters. The van der Waals surface area contributed by atoms with Crippen LogP contribution in [0.5, 0.6) is 0 Å². The molecule has 2 N–H and O–H groups in total. The molecule has 0 aromatic rings. The molecule has 6 heavy (non-hydrogen) atoms. The zero-order valence-electron chi connectivity index (χ0n) is 3.28. The highest BCUT2D eigenvalue weighted by molar-refractivity contribution is 5.67. The molecule has 36 valence electrons. The van der Waals surface area contributed by atoms with E-state index in [1.807, 2.05) is 0 Å². The summed E-state index contributed by atoms with van der Waals surface area (Å²) in [5.74, 6) is 0. The smallest absolute Gasteiger partial charge is 0.302 e. The summed E-state index contributed by atoms with van der Waals surface area (Å²) in [7, 11) is 0. The molecular weight excluding hydrogens is 85.0 g/mol. The van der Waals surface area contributed by atoms with E-state index in [0.29, 0.717) is 0 Å². The summed E-state index contributed by atoms with van der Waals surface area (Å²) >= 11 is 0. The minimum atomic E-state index is -1.34. The van der Waals surface area contributed by atoms with Gasteiger partial charge in [0.15, 0.2) is 0 Å². The lowest BCUT2D eigenvalue weighted by Crippen LogP contribution is -2.02. The number of nitrogens with two attached hydrogens (primary N) is 1. The summed E-state index contributed by atoms with van der Waals surface area (Å²) in [5.41, 5.74) is 4.77. The predicted octanol–water partition coefficient (Wildman–Crippen LogP) is -0.169. The molecule has 3 heteroatoms. The van der Waals surface area contributed by atoms with Crippen molar-refractivity contribution in [2.24, 2.45) is 5.73 Å². The fraction of sp³-hybridized carbons (Fsp3) is 0.667. The first-order valence-corrected chi connectivity index (χ1v) is 1.65. The van der Waals surface area contributed by atoms with Gasteiger partial charge in [-0.15, -0.1) is 0 Å². The molecule has 0 bridgehead atoms. The SMILES string of the molecule is NCCC(=O)F. The van der Waals surface area contributed by atoms with Gasteiger partial charge in [-0.2, -0.15) is 4.39 Å². The van der Waals surface area contributed by atoms with Gasteiger partial charge >= 0.3 is 6.04 Å². The van der Waals surface area contributed by atoms with E-state index in [4.69, 9.17) is 5.73 Å². The standard InChI is InChI=1S/C3H6FNO/c4-3(6)1-2-5/h1-2,5H2. The highest BCUT2D eigenvalue weighted by Gasteiger charge is 1.89. The molecule has 0 aliphatic carbocycles. The molecule has 0 amide bonds. The van der Waals surface area contributed by atoms with Crippen LogP contribution >= 0.6 is 0 Å². The molecule has 0 aromatic carbocycles. The summed E-state index contributed by atoms with van der Waals surface area (Å²) in [6.45, 7) is 0.106. The summed E-state index contributed by atoms with van der Waals surface area (Å²) in [5, 5.41) is 0. The molecule has 0 aromatic heterocycles. The van der Waals surface area contributed by atoms with Crippen molar-refractivity contribution >= 4 is 6.04 Å². The highest BCUT2D eigenvalue weighted by atomic mass is 19.1. The van der Waals surface area contributed by atoms with Crippen molar-refractivity contribution in [1.82, 2.24) is 0 Å². The van der Waals surface area contributed by atoms with Crippen molar-refractivity contribution in [3.8, 4) is 0 Å². The van der Waals surface area contributed by atoms with Gasteiger partial charge in [0.1, 0.15) is 0 Å². The maximum atomic E-state index is 11.0. The summed E-state index contributed by atoms with van der Waals surface area (Å²) in [6, 6.07) is -1.34. The largest absolute Gasteiger partial charge is 0.330 e. The van der Waals surface area contributed by atoms with E-state index in [9.17, 15) is 9.18 Å². The summed E-state index contributed by atoms with van der Waals surface area (Å²) < 4.78 is 11.0. The van der Waals surface area contributed by atoms with Crippen molar-refractivity contribution < 1.29 is 9.18 Å². The number of halogens is 1. The first-order chi connectivity index (χ1) is 2.77. The Bertz CT molecular complexity index is 54.8. The van der Waals surface area contributed by atoms with Crippen LogP contribution in [0.1, 0.15) is 6.42 Å². The van der Waals surface area contributed by atoms with Gasteiger partial charge in [0, 0.05) is 6.54 Å². The molecule has 0 aliphatic rings. The van der Waals surface area contributed by atoms with E-state index < -0.39 is 6.04 Å². The Kier molecular flexibility index (Phi) is 2.58. The van der Waals surface area contributed by atoms with Crippen LogP contribution in [0.3, 0.4) is 0 Å². The lowest BCUT2D eigenvalue weighted by molar-refractivity contribution is -0.129. The van der Waals surface area contributed by atoms with Crippen molar-refractivity contribution in [3.05, 3.63) is 0 Å². The van der Waals surface area contributed by atoms with Gasteiger partial charge in [-0.1, -0.05) is 0 Å². The Morgan fingerprint density at radius 3 is 2.33 bits per heavy atom. The molecule has 0 radical (unpaired) electrons. The summed E-state index contributed by atoms with van der Waals surface area (Å²) in [4.78, 5) is 9.30. The minimum absolute atomic E-state index is 0.106. The highest BCUT2D eigenvalue weighted by Crippen LogP contribution is 1.76. The van der Waals surface area contributed by atoms with E-state index in [1.165, 1.54) is 0 Å². The molecular formula is C3H6FNO. The third kappa shape index (κ3) is 3.56. The number of hydrogen-bond acceptors (Lipinski definition) is 2.